The zero-order chi connectivity index (χ0) is 15.7. The van der Waals surface area contributed by atoms with E-state index in [1.807, 2.05) is 11.9 Å². The molecular formula is C13H17F3N2O2S. The summed E-state index contributed by atoms with van der Waals surface area (Å²) >= 11 is 0. The normalized spacial score (nSPS) is 21.4. The molecule has 1 aromatic rings. The first-order valence-corrected chi connectivity index (χ1v) is 8.05. The smallest absolute Gasteiger partial charge is 0.305 e. The number of hydrogen-bond donors (Lipinski definition) is 1. The van der Waals surface area contributed by atoms with Crippen molar-refractivity contribution in [3.05, 3.63) is 29.8 Å². The van der Waals surface area contributed by atoms with Gasteiger partial charge in [-0.15, -0.1) is 0 Å². The molecule has 1 aliphatic heterocycles. The Bertz CT molecular complexity index is 602. The van der Waals surface area contributed by atoms with Gasteiger partial charge < -0.3 is 4.90 Å². The first-order chi connectivity index (χ1) is 9.70. The first-order valence-electron chi connectivity index (χ1n) is 6.57. The van der Waals surface area contributed by atoms with Crippen LogP contribution in [0.15, 0.2) is 29.2 Å². The lowest BCUT2D eigenvalue weighted by Gasteiger charge is -2.30. The lowest BCUT2D eigenvalue weighted by molar-refractivity contribution is -0.139. The molecule has 0 unspecified atom stereocenters. The van der Waals surface area contributed by atoms with E-state index < -0.39 is 26.7 Å². The van der Waals surface area contributed by atoms with E-state index in [0.29, 0.717) is 13.0 Å². The van der Waals surface area contributed by atoms with Crippen LogP contribution in [0.1, 0.15) is 18.4 Å². The predicted molar refractivity (Wildman–Crippen MR) is 72.3 cm³/mol. The van der Waals surface area contributed by atoms with Crippen molar-refractivity contribution in [2.24, 2.45) is 0 Å². The van der Waals surface area contributed by atoms with Gasteiger partial charge in [0.05, 0.1) is 10.5 Å². The number of alkyl halides is 3. The highest BCUT2D eigenvalue weighted by atomic mass is 32.2. The van der Waals surface area contributed by atoms with Gasteiger partial charge in [-0.3, -0.25) is 0 Å². The molecule has 2 rings (SSSR count). The minimum atomic E-state index is -4.70. The summed E-state index contributed by atoms with van der Waals surface area (Å²) < 4.78 is 65.6. The number of likely N-dealkylation sites (N-methyl/N-ethyl adjacent to an activating group) is 1. The van der Waals surface area contributed by atoms with Crippen LogP contribution in [0.5, 0.6) is 0 Å². The molecule has 0 spiro atoms. The van der Waals surface area contributed by atoms with Crippen LogP contribution in [-0.4, -0.2) is 39.5 Å². The van der Waals surface area contributed by atoms with Crippen LogP contribution in [-0.2, 0) is 16.2 Å². The average Bonchev–Trinajstić information content (AvgIpc) is 2.37. The van der Waals surface area contributed by atoms with E-state index in [2.05, 4.69) is 4.72 Å². The Kier molecular flexibility index (Phi) is 4.60. The third kappa shape index (κ3) is 3.96. The van der Waals surface area contributed by atoms with Crippen molar-refractivity contribution in [1.82, 2.24) is 9.62 Å². The fraction of sp³-hybridized carbons (Fsp3) is 0.538. The van der Waals surface area contributed by atoms with Crippen molar-refractivity contribution in [3.8, 4) is 0 Å². The summed E-state index contributed by atoms with van der Waals surface area (Å²) in [5, 5.41) is 0. The molecule has 1 saturated heterocycles. The SMILES string of the molecule is CN1CCC[C@@H](NS(=O)(=O)c2ccccc2C(F)(F)F)C1. The fourth-order valence-corrected chi connectivity index (χ4v) is 3.97. The van der Waals surface area contributed by atoms with Crippen LogP contribution in [0, 0.1) is 0 Å². The van der Waals surface area contributed by atoms with Gasteiger partial charge in [0.25, 0.3) is 0 Å². The van der Waals surface area contributed by atoms with Crippen molar-refractivity contribution in [1.29, 1.82) is 0 Å². The Labute approximate surface area is 122 Å². The van der Waals surface area contributed by atoms with E-state index in [9.17, 15) is 21.6 Å². The van der Waals surface area contributed by atoms with Gasteiger partial charge in [-0.1, -0.05) is 12.1 Å². The number of benzene rings is 1. The van der Waals surface area contributed by atoms with Gasteiger partial charge in [0.15, 0.2) is 0 Å². The van der Waals surface area contributed by atoms with E-state index in [1.165, 1.54) is 12.1 Å². The van der Waals surface area contributed by atoms with Crippen molar-refractivity contribution in [2.75, 3.05) is 20.1 Å². The molecule has 0 bridgehead atoms. The van der Waals surface area contributed by atoms with E-state index in [1.54, 1.807) is 0 Å². The molecule has 1 aromatic carbocycles. The van der Waals surface area contributed by atoms with E-state index >= 15 is 0 Å². The summed E-state index contributed by atoms with van der Waals surface area (Å²) in [6, 6.07) is 3.86. The fourth-order valence-electron chi connectivity index (χ4n) is 2.48. The van der Waals surface area contributed by atoms with Gasteiger partial charge >= 0.3 is 6.18 Å². The Hall–Kier alpha value is -1.12. The van der Waals surface area contributed by atoms with Crippen LogP contribution >= 0.6 is 0 Å². The highest BCUT2D eigenvalue weighted by Crippen LogP contribution is 2.34. The molecule has 0 aliphatic carbocycles. The maximum atomic E-state index is 12.9. The van der Waals surface area contributed by atoms with E-state index in [-0.39, 0.29) is 6.04 Å². The molecule has 0 amide bonds. The van der Waals surface area contributed by atoms with Gasteiger partial charge in [0.1, 0.15) is 0 Å². The zero-order valence-electron chi connectivity index (χ0n) is 11.5. The number of nitrogens with one attached hydrogen (secondary N) is 1. The summed E-state index contributed by atoms with van der Waals surface area (Å²) in [5.41, 5.74) is -1.14. The Balaban J connectivity index is 2.28. The van der Waals surface area contributed by atoms with Crippen LogP contribution in [0.25, 0.3) is 0 Å². The summed E-state index contributed by atoms with van der Waals surface area (Å²) in [6.45, 7) is 1.35. The van der Waals surface area contributed by atoms with Gasteiger partial charge in [-0.25, -0.2) is 13.1 Å². The molecule has 118 valence electrons. The lowest BCUT2D eigenvalue weighted by atomic mass is 10.1. The Morgan fingerprint density at radius 2 is 1.95 bits per heavy atom. The molecule has 21 heavy (non-hydrogen) atoms. The highest BCUT2D eigenvalue weighted by Gasteiger charge is 2.37. The van der Waals surface area contributed by atoms with E-state index in [4.69, 9.17) is 0 Å². The van der Waals surface area contributed by atoms with Crippen LogP contribution in [0.3, 0.4) is 0 Å². The predicted octanol–water partition coefficient (Wildman–Crippen LogP) is 2.08. The number of hydrogen-bond acceptors (Lipinski definition) is 3. The molecule has 1 aliphatic rings. The summed E-state index contributed by atoms with van der Waals surface area (Å²) in [6.07, 6.45) is -3.27. The molecule has 1 atom stereocenters. The highest BCUT2D eigenvalue weighted by molar-refractivity contribution is 7.89. The number of halogens is 3. The largest absolute Gasteiger partial charge is 0.417 e. The zero-order valence-corrected chi connectivity index (χ0v) is 12.3. The van der Waals surface area contributed by atoms with Crippen LogP contribution in [0.2, 0.25) is 0 Å². The third-order valence-corrected chi connectivity index (χ3v) is 5.01. The van der Waals surface area contributed by atoms with Crippen LogP contribution < -0.4 is 4.72 Å². The Morgan fingerprint density at radius 3 is 2.57 bits per heavy atom. The second-order valence-electron chi connectivity index (χ2n) is 5.22. The second kappa shape index (κ2) is 5.94. The third-order valence-electron chi connectivity index (χ3n) is 3.43. The number of rotatable bonds is 3. The average molecular weight is 322 g/mol. The maximum absolute atomic E-state index is 12.9. The number of piperidine rings is 1. The minimum absolute atomic E-state index is 0.366. The van der Waals surface area contributed by atoms with Gasteiger partial charge in [0, 0.05) is 12.6 Å². The standard InChI is InChI=1S/C13H17F3N2O2S/c1-18-8-4-5-10(9-18)17-21(19,20)12-7-3-2-6-11(12)13(14,15)16/h2-3,6-7,10,17H,4-5,8-9H2,1H3/t10-/m1/s1. The second-order valence-corrected chi connectivity index (χ2v) is 6.90. The quantitative estimate of drug-likeness (QED) is 0.927. The number of sulfonamides is 1. The Morgan fingerprint density at radius 1 is 1.29 bits per heavy atom. The lowest BCUT2D eigenvalue weighted by Crippen LogP contribution is -2.46. The molecule has 0 aromatic heterocycles. The van der Waals surface area contributed by atoms with Crippen molar-refractivity contribution in [2.45, 2.75) is 30.0 Å². The molecule has 1 N–H and O–H groups in total. The van der Waals surface area contributed by atoms with Crippen LogP contribution in [0.4, 0.5) is 13.2 Å². The molecule has 1 heterocycles. The molecule has 1 fully saturated rings. The van der Waals surface area contributed by atoms with Gasteiger partial charge in [-0.2, -0.15) is 13.2 Å². The molecule has 8 heteroatoms. The molecular weight excluding hydrogens is 305 g/mol. The van der Waals surface area contributed by atoms with Crippen molar-refractivity contribution in [3.63, 3.8) is 0 Å². The first kappa shape index (κ1) is 16.3. The monoisotopic (exact) mass is 322 g/mol. The summed E-state index contributed by atoms with van der Waals surface area (Å²) in [7, 11) is -2.34. The minimum Gasteiger partial charge on any atom is -0.305 e. The summed E-state index contributed by atoms with van der Waals surface area (Å²) in [5.74, 6) is 0. The van der Waals surface area contributed by atoms with Gasteiger partial charge in [0.2, 0.25) is 10.0 Å². The molecule has 0 radical (unpaired) electrons. The molecule has 0 saturated carbocycles. The van der Waals surface area contributed by atoms with Crippen molar-refractivity contribution < 1.29 is 21.6 Å². The number of nitrogens with zero attached hydrogens (tertiary/aromatic N) is 1. The van der Waals surface area contributed by atoms with Gasteiger partial charge in [-0.05, 0) is 38.6 Å². The van der Waals surface area contributed by atoms with Crippen molar-refractivity contribution >= 4 is 10.0 Å². The topological polar surface area (TPSA) is 49.4 Å². The summed E-state index contributed by atoms with van der Waals surface area (Å²) in [4.78, 5) is 1.23. The van der Waals surface area contributed by atoms with E-state index in [0.717, 1.165) is 25.1 Å². The molecule has 4 nitrogen and oxygen atoms in total. The number of likely N-dealkylation sites (tertiary alicyclic amines) is 1. The maximum Gasteiger partial charge on any atom is 0.417 e.